The van der Waals surface area contributed by atoms with Crippen molar-refractivity contribution in [3.05, 3.63) is 50.4 Å². The number of hydrogen-bond acceptors (Lipinski definition) is 2. The maximum atomic E-state index is 13.6. The lowest BCUT2D eigenvalue weighted by Crippen LogP contribution is -1.93. The monoisotopic (exact) mass is 348 g/mol. The van der Waals surface area contributed by atoms with Crippen LogP contribution >= 0.6 is 38.9 Å². The first-order valence-electron chi connectivity index (χ1n) is 5.26. The second kappa shape index (κ2) is 5.59. The molecular formula is C13H11BrClFOS. The normalized spacial score (nSPS) is 12.5. The molecule has 1 aromatic carbocycles. The molecule has 18 heavy (non-hydrogen) atoms. The fraction of sp³-hybridized carbons (Fsp3) is 0.231. The fourth-order valence-electron chi connectivity index (χ4n) is 1.61. The molecule has 0 N–H and O–H groups in total. The molecular weight excluding hydrogens is 339 g/mol. The van der Waals surface area contributed by atoms with E-state index in [2.05, 4.69) is 15.9 Å². The Labute approximate surface area is 123 Å². The maximum Gasteiger partial charge on any atom is 0.165 e. The minimum Gasteiger partial charge on any atom is -0.494 e. The minimum atomic E-state index is -0.362. The summed E-state index contributed by atoms with van der Waals surface area (Å²) in [5, 5.41) is 0. The van der Waals surface area contributed by atoms with Gasteiger partial charge in [-0.3, -0.25) is 0 Å². The highest BCUT2D eigenvalue weighted by atomic mass is 79.9. The molecule has 1 atom stereocenters. The van der Waals surface area contributed by atoms with E-state index >= 15 is 0 Å². The van der Waals surface area contributed by atoms with Gasteiger partial charge in [0.05, 0.1) is 16.3 Å². The van der Waals surface area contributed by atoms with Gasteiger partial charge >= 0.3 is 0 Å². The molecule has 0 bridgehead atoms. The van der Waals surface area contributed by atoms with Gasteiger partial charge in [0.2, 0.25) is 0 Å². The third kappa shape index (κ3) is 2.71. The first-order chi connectivity index (χ1) is 8.52. The molecule has 0 fully saturated rings. The summed E-state index contributed by atoms with van der Waals surface area (Å²) >= 11 is 11.1. The van der Waals surface area contributed by atoms with E-state index in [4.69, 9.17) is 16.3 Å². The van der Waals surface area contributed by atoms with Crippen LogP contribution in [0.3, 0.4) is 0 Å². The van der Waals surface area contributed by atoms with Crippen molar-refractivity contribution >= 4 is 38.9 Å². The Balaban J connectivity index is 2.33. The number of methoxy groups -OCH3 is 1. The molecule has 0 aliphatic heterocycles. The Morgan fingerprint density at radius 2 is 2.11 bits per heavy atom. The van der Waals surface area contributed by atoms with Crippen molar-refractivity contribution in [1.82, 2.24) is 0 Å². The average Bonchev–Trinajstić information content (AvgIpc) is 2.68. The summed E-state index contributed by atoms with van der Waals surface area (Å²) in [6.45, 7) is 1.96. The molecule has 96 valence electrons. The third-order valence-corrected chi connectivity index (χ3v) is 5.54. The second-order valence-electron chi connectivity index (χ2n) is 3.86. The highest BCUT2D eigenvalue weighted by Gasteiger charge is 2.16. The first kappa shape index (κ1) is 13.8. The van der Waals surface area contributed by atoms with Crippen molar-refractivity contribution in [3.8, 4) is 5.75 Å². The van der Waals surface area contributed by atoms with E-state index in [9.17, 15) is 4.39 Å². The summed E-state index contributed by atoms with van der Waals surface area (Å²) in [7, 11) is 1.45. The zero-order chi connectivity index (χ0) is 13.3. The van der Waals surface area contributed by atoms with Crippen LogP contribution in [0.4, 0.5) is 4.39 Å². The highest BCUT2D eigenvalue weighted by Crippen LogP contribution is 2.39. The lowest BCUT2D eigenvalue weighted by molar-refractivity contribution is 0.386. The van der Waals surface area contributed by atoms with Crippen LogP contribution < -0.4 is 4.74 Å². The minimum absolute atomic E-state index is 0.0610. The van der Waals surface area contributed by atoms with Gasteiger partial charge < -0.3 is 4.74 Å². The van der Waals surface area contributed by atoms with Gasteiger partial charge in [-0.2, -0.15) is 0 Å². The van der Waals surface area contributed by atoms with E-state index in [1.54, 1.807) is 6.07 Å². The van der Waals surface area contributed by atoms with Crippen molar-refractivity contribution in [2.45, 2.75) is 11.8 Å². The highest BCUT2D eigenvalue weighted by molar-refractivity contribution is 9.09. The van der Waals surface area contributed by atoms with E-state index in [1.807, 2.05) is 19.1 Å². The Morgan fingerprint density at radius 1 is 1.39 bits per heavy atom. The van der Waals surface area contributed by atoms with E-state index in [1.165, 1.54) is 24.5 Å². The molecule has 1 heterocycles. The predicted octanol–water partition coefficient (Wildman–Crippen LogP) is 5.34. The van der Waals surface area contributed by atoms with E-state index < -0.39 is 0 Å². The van der Waals surface area contributed by atoms with Crippen LogP contribution in [-0.2, 0) is 0 Å². The predicted molar refractivity (Wildman–Crippen MR) is 77.8 cm³/mol. The fourth-order valence-corrected chi connectivity index (χ4v) is 3.53. The largest absolute Gasteiger partial charge is 0.494 e. The molecule has 2 rings (SSSR count). The number of halogens is 3. The zero-order valence-electron chi connectivity index (χ0n) is 9.84. The van der Waals surface area contributed by atoms with Crippen LogP contribution in [0.1, 0.15) is 20.8 Å². The first-order valence-corrected chi connectivity index (χ1v) is 7.37. The lowest BCUT2D eigenvalue weighted by Gasteiger charge is -2.09. The van der Waals surface area contributed by atoms with Gasteiger partial charge in [-0.05, 0) is 36.2 Å². The zero-order valence-corrected chi connectivity index (χ0v) is 13.0. The van der Waals surface area contributed by atoms with Crippen molar-refractivity contribution in [3.63, 3.8) is 0 Å². The molecule has 0 aliphatic carbocycles. The van der Waals surface area contributed by atoms with Crippen molar-refractivity contribution in [2.75, 3.05) is 7.11 Å². The summed E-state index contributed by atoms with van der Waals surface area (Å²) in [5.41, 5.74) is 1.88. The van der Waals surface area contributed by atoms with Gasteiger partial charge in [0, 0.05) is 4.88 Å². The molecule has 0 radical (unpaired) electrons. The topological polar surface area (TPSA) is 9.23 Å². The Hall–Kier alpha value is -0.580. The van der Waals surface area contributed by atoms with Gasteiger partial charge in [0.1, 0.15) is 0 Å². The summed E-state index contributed by atoms with van der Waals surface area (Å²) in [6.07, 6.45) is 0. The summed E-state index contributed by atoms with van der Waals surface area (Å²) in [4.78, 5) is 0.996. The number of alkyl halides is 1. The van der Waals surface area contributed by atoms with Crippen LogP contribution in [0.15, 0.2) is 24.3 Å². The van der Waals surface area contributed by atoms with E-state index in [0.717, 1.165) is 20.3 Å². The Bertz CT molecular complexity index is 551. The third-order valence-electron chi connectivity index (χ3n) is 2.59. The Morgan fingerprint density at radius 3 is 2.61 bits per heavy atom. The molecule has 1 aromatic heterocycles. The van der Waals surface area contributed by atoms with Crippen molar-refractivity contribution < 1.29 is 9.13 Å². The summed E-state index contributed by atoms with van der Waals surface area (Å²) in [6, 6.07) is 6.95. The number of rotatable bonds is 3. The quantitative estimate of drug-likeness (QED) is 0.679. The molecule has 2 aromatic rings. The van der Waals surface area contributed by atoms with Crippen molar-refractivity contribution in [1.29, 1.82) is 0 Å². The van der Waals surface area contributed by atoms with E-state index in [0.29, 0.717) is 0 Å². The number of hydrogen-bond donors (Lipinski definition) is 0. The molecule has 1 nitrogen and oxygen atoms in total. The van der Waals surface area contributed by atoms with Crippen LogP contribution in [0, 0.1) is 12.7 Å². The van der Waals surface area contributed by atoms with Gasteiger partial charge in [-0.25, -0.2) is 4.39 Å². The van der Waals surface area contributed by atoms with Gasteiger partial charge in [-0.15, -0.1) is 11.3 Å². The molecule has 0 spiro atoms. The standard InChI is InChI=1S/C13H11BrClFOS/c1-7-5-11(18-13(7)15)12(14)8-3-4-10(17-2)9(16)6-8/h3-6,12H,1-2H3. The molecule has 1 unspecified atom stereocenters. The van der Waals surface area contributed by atoms with Crippen molar-refractivity contribution in [2.24, 2.45) is 0 Å². The van der Waals surface area contributed by atoms with Crippen LogP contribution in [-0.4, -0.2) is 7.11 Å². The maximum absolute atomic E-state index is 13.6. The summed E-state index contributed by atoms with van der Waals surface area (Å²) < 4.78 is 19.3. The van der Waals surface area contributed by atoms with E-state index in [-0.39, 0.29) is 16.4 Å². The average molecular weight is 350 g/mol. The van der Waals surface area contributed by atoms with Gasteiger partial charge in [0.15, 0.2) is 11.6 Å². The second-order valence-corrected chi connectivity index (χ2v) is 6.46. The smallest absolute Gasteiger partial charge is 0.165 e. The summed E-state index contributed by atoms with van der Waals surface area (Å²) in [5.74, 6) is -0.113. The molecule has 0 saturated carbocycles. The molecule has 0 aliphatic rings. The number of ether oxygens (including phenoxy) is 1. The SMILES string of the molecule is COc1ccc(C(Br)c2cc(C)c(Cl)s2)cc1F. The molecule has 5 heteroatoms. The van der Waals surface area contributed by atoms with Crippen LogP contribution in [0.2, 0.25) is 4.34 Å². The Kier molecular flexibility index (Phi) is 4.30. The van der Waals surface area contributed by atoms with Gasteiger partial charge in [0.25, 0.3) is 0 Å². The lowest BCUT2D eigenvalue weighted by atomic mass is 10.1. The van der Waals surface area contributed by atoms with Crippen LogP contribution in [0.5, 0.6) is 5.75 Å². The molecule has 0 amide bonds. The molecule has 0 saturated heterocycles. The van der Waals surface area contributed by atoms with Gasteiger partial charge in [-0.1, -0.05) is 33.6 Å². The number of thiophene rings is 1. The number of aryl methyl sites for hydroxylation is 1. The van der Waals surface area contributed by atoms with Crippen LogP contribution in [0.25, 0.3) is 0 Å². The number of benzene rings is 1.